The van der Waals surface area contributed by atoms with Crippen molar-refractivity contribution in [3.8, 4) is 0 Å². The molecule has 0 aliphatic heterocycles. The first kappa shape index (κ1) is 14.1. The molecule has 0 radical (unpaired) electrons. The van der Waals surface area contributed by atoms with Crippen molar-refractivity contribution in [2.75, 3.05) is 0 Å². The lowest BCUT2D eigenvalue weighted by molar-refractivity contribution is 0.337. The monoisotopic (exact) mass is 287 g/mol. The van der Waals surface area contributed by atoms with Crippen molar-refractivity contribution < 1.29 is 0 Å². The predicted molar refractivity (Wildman–Crippen MR) is 89.3 cm³/mol. The highest BCUT2D eigenvalue weighted by molar-refractivity contribution is 7.17. The highest BCUT2D eigenvalue weighted by Gasteiger charge is 2.18. The molecule has 0 bridgehead atoms. The molecule has 0 saturated heterocycles. The second-order valence-corrected chi connectivity index (χ2v) is 7.09. The van der Waals surface area contributed by atoms with E-state index in [0.717, 1.165) is 12.5 Å². The highest BCUT2D eigenvalue weighted by Crippen LogP contribution is 2.27. The maximum absolute atomic E-state index is 3.78. The number of thiophene rings is 1. The van der Waals surface area contributed by atoms with Gasteiger partial charge in [0.05, 0.1) is 0 Å². The smallest absolute Gasteiger partial charge is 0.0346 e. The third-order valence-corrected chi connectivity index (χ3v) is 5.79. The van der Waals surface area contributed by atoms with Crippen molar-refractivity contribution >= 4 is 21.4 Å². The van der Waals surface area contributed by atoms with Crippen LogP contribution in [0, 0.1) is 5.92 Å². The Labute approximate surface area is 126 Å². The van der Waals surface area contributed by atoms with E-state index >= 15 is 0 Å². The SMILES string of the molecule is C[C@@H](NCc1csc2ccccc12)C1CCCCCC1. The van der Waals surface area contributed by atoms with Gasteiger partial charge in [0.2, 0.25) is 0 Å². The Bertz CT molecular complexity index is 537. The third kappa shape index (κ3) is 3.24. The van der Waals surface area contributed by atoms with Crippen molar-refractivity contribution in [2.45, 2.75) is 58.0 Å². The van der Waals surface area contributed by atoms with Crippen LogP contribution in [0.4, 0.5) is 0 Å². The summed E-state index contributed by atoms with van der Waals surface area (Å²) in [4.78, 5) is 0. The molecule has 2 heteroatoms. The van der Waals surface area contributed by atoms with E-state index in [9.17, 15) is 0 Å². The molecule has 0 unspecified atom stereocenters. The van der Waals surface area contributed by atoms with E-state index in [2.05, 4.69) is 41.9 Å². The van der Waals surface area contributed by atoms with Crippen LogP contribution in [0.25, 0.3) is 10.1 Å². The molecule has 1 heterocycles. The van der Waals surface area contributed by atoms with E-state index in [4.69, 9.17) is 0 Å². The molecule has 1 atom stereocenters. The number of benzene rings is 1. The molecular weight excluding hydrogens is 262 g/mol. The summed E-state index contributed by atoms with van der Waals surface area (Å²) in [6, 6.07) is 9.39. The van der Waals surface area contributed by atoms with Crippen LogP contribution in [0.1, 0.15) is 51.0 Å². The van der Waals surface area contributed by atoms with Gasteiger partial charge in [-0.1, -0.05) is 43.9 Å². The summed E-state index contributed by atoms with van der Waals surface area (Å²) in [5.41, 5.74) is 1.46. The normalized spacial score (nSPS) is 19.1. The third-order valence-electron chi connectivity index (χ3n) is 4.78. The number of nitrogens with one attached hydrogen (secondary N) is 1. The molecule has 1 aliphatic carbocycles. The van der Waals surface area contributed by atoms with E-state index in [1.54, 1.807) is 0 Å². The lowest BCUT2D eigenvalue weighted by Gasteiger charge is -2.23. The molecule has 108 valence electrons. The predicted octanol–water partition coefficient (Wildman–Crippen LogP) is 5.35. The van der Waals surface area contributed by atoms with Crippen molar-refractivity contribution in [1.29, 1.82) is 0 Å². The minimum absolute atomic E-state index is 0.645. The molecule has 1 fully saturated rings. The van der Waals surface area contributed by atoms with Crippen LogP contribution in [0.15, 0.2) is 29.6 Å². The minimum Gasteiger partial charge on any atom is -0.310 e. The van der Waals surface area contributed by atoms with Gasteiger partial charge in [-0.15, -0.1) is 11.3 Å². The molecule has 20 heavy (non-hydrogen) atoms. The van der Waals surface area contributed by atoms with Gasteiger partial charge in [0.15, 0.2) is 0 Å². The van der Waals surface area contributed by atoms with Gasteiger partial charge in [-0.05, 0) is 48.1 Å². The van der Waals surface area contributed by atoms with E-state index < -0.39 is 0 Å². The zero-order chi connectivity index (χ0) is 13.8. The first-order valence-electron chi connectivity index (χ1n) is 8.03. The summed E-state index contributed by atoms with van der Waals surface area (Å²) in [7, 11) is 0. The van der Waals surface area contributed by atoms with Crippen molar-refractivity contribution in [1.82, 2.24) is 5.32 Å². The zero-order valence-corrected chi connectivity index (χ0v) is 13.2. The summed E-state index contributed by atoms with van der Waals surface area (Å²) < 4.78 is 1.41. The van der Waals surface area contributed by atoms with Gasteiger partial charge in [-0.25, -0.2) is 0 Å². The van der Waals surface area contributed by atoms with Crippen molar-refractivity contribution in [3.05, 3.63) is 35.2 Å². The summed E-state index contributed by atoms with van der Waals surface area (Å²) >= 11 is 1.86. The van der Waals surface area contributed by atoms with Crippen LogP contribution in [-0.4, -0.2) is 6.04 Å². The summed E-state index contributed by atoms with van der Waals surface area (Å²) in [5, 5.41) is 7.53. The van der Waals surface area contributed by atoms with Crippen molar-refractivity contribution in [2.24, 2.45) is 5.92 Å². The summed E-state index contributed by atoms with van der Waals surface area (Å²) in [5.74, 6) is 0.877. The second-order valence-electron chi connectivity index (χ2n) is 6.18. The summed E-state index contributed by atoms with van der Waals surface area (Å²) in [6.45, 7) is 3.40. The zero-order valence-electron chi connectivity index (χ0n) is 12.4. The molecule has 1 N–H and O–H groups in total. The molecule has 1 aromatic carbocycles. The molecule has 1 aromatic heterocycles. The Hall–Kier alpha value is -0.860. The Balaban J connectivity index is 1.60. The molecule has 0 amide bonds. The lowest BCUT2D eigenvalue weighted by atomic mass is 9.93. The molecule has 2 aromatic rings. The standard InChI is InChI=1S/C18H25NS/c1-14(15-8-4-2-3-5-9-15)19-12-16-13-20-18-11-7-6-10-17(16)18/h6-7,10-11,13-15,19H,2-5,8-9,12H2,1H3/t14-/m1/s1. The number of hydrogen-bond donors (Lipinski definition) is 1. The van der Waals surface area contributed by atoms with E-state index in [1.807, 2.05) is 11.3 Å². The Morgan fingerprint density at radius 2 is 1.90 bits per heavy atom. The lowest BCUT2D eigenvalue weighted by Crippen LogP contribution is -2.32. The van der Waals surface area contributed by atoms with Crippen LogP contribution in [0.3, 0.4) is 0 Å². The molecule has 1 saturated carbocycles. The van der Waals surface area contributed by atoms with E-state index in [-0.39, 0.29) is 0 Å². The fraction of sp³-hybridized carbons (Fsp3) is 0.556. The van der Waals surface area contributed by atoms with Gasteiger partial charge in [-0.2, -0.15) is 0 Å². The largest absolute Gasteiger partial charge is 0.310 e. The second kappa shape index (κ2) is 6.73. The van der Waals surface area contributed by atoms with Crippen LogP contribution < -0.4 is 5.32 Å². The van der Waals surface area contributed by atoms with Gasteiger partial charge < -0.3 is 5.32 Å². The van der Waals surface area contributed by atoms with E-state index in [1.165, 1.54) is 54.2 Å². The van der Waals surface area contributed by atoms with Crippen LogP contribution >= 0.6 is 11.3 Å². The quantitative estimate of drug-likeness (QED) is 0.747. The number of hydrogen-bond acceptors (Lipinski definition) is 2. The molecule has 1 nitrogen and oxygen atoms in total. The van der Waals surface area contributed by atoms with Gasteiger partial charge >= 0.3 is 0 Å². The minimum atomic E-state index is 0.645. The van der Waals surface area contributed by atoms with Crippen LogP contribution in [0.2, 0.25) is 0 Å². The Morgan fingerprint density at radius 3 is 2.70 bits per heavy atom. The van der Waals surface area contributed by atoms with Gasteiger partial charge in [-0.3, -0.25) is 0 Å². The maximum Gasteiger partial charge on any atom is 0.0346 e. The fourth-order valence-electron chi connectivity index (χ4n) is 3.42. The van der Waals surface area contributed by atoms with Gasteiger partial charge in [0.1, 0.15) is 0 Å². The van der Waals surface area contributed by atoms with Crippen LogP contribution in [-0.2, 0) is 6.54 Å². The topological polar surface area (TPSA) is 12.0 Å². The van der Waals surface area contributed by atoms with Crippen molar-refractivity contribution in [3.63, 3.8) is 0 Å². The van der Waals surface area contributed by atoms with Crippen LogP contribution in [0.5, 0.6) is 0 Å². The highest BCUT2D eigenvalue weighted by atomic mass is 32.1. The number of rotatable bonds is 4. The first-order valence-corrected chi connectivity index (χ1v) is 8.91. The maximum atomic E-state index is 3.78. The number of fused-ring (bicyclic) bond motifs is 1. The first-order chi connectivity index (χ1) is 9.84. The molecule has 1 aliphatic rings. The molecule has 0 spiro atoms. The average molecular weight is 287 g/mol. The van der Waals surface area contributed by atoms with Gasteiger partial charge in [0.25, 0.3) is 0 Å². The van der Waals surface area contributed by atoms with Gasteiger partial charge in [0, 0.05) is 17.3 Å². The molecule has 3 rings (SSSR count). The Kier molecular flexibility index (Phi) is 4.74. The van der Waals surface area contributed by atoms with E-state index in [0.29, 0.717) is 6.04 Å². The Morgan fingerprint density at radius 1 is 1.15 bits per heavy atom. The fourth-order valence-corrected chi connectivity index (χ4v) is 4.38. The summed E-state index contributed by atoms with van der Waals surface area (Å²) in [6.07, 6.45) is 8.57. The average Bonchev–Trinajstić information content (AvgIpc) is 2.70. The molecular formula is C18H25NS.